The molecule has 1 saturated heterocycles. The van der Waals surface area contributed by atoms with E-state index >= 15 is 0 Å². The highest BCUT2D eigenvalue weighted by atomic mass is 35.5. The van der Waals surface area contributed by atoms with Gasteiger partial charge in [0, 0.05) is 44.8 Å². The van der Waals surface area contributed by atoms with Gasteiger partial charge in [0.05, 0.1) is 5.02 Å². The van der Waals surface area contributed by atoms with Crippen LogP contribution in [0.5, 0.6) is 11.6 Å². The minimum Gasteiger partial charge on any atom is -0.492 e. The molecule has 0 unspecified atom stereocenters. The Morgan fingerprint density at radius 2 is 1.87 bits per heavy atom. The molecule has 0 bridgehead atoms. The fraction of sp³-hybridized carbons (Fsp3) is 0.433. The average Bonchev–Trinajstić information content (AvgIpc) is 3.57. The zero-order valence-electron chi connectivity index (χ0n) is 22.6. The van der Waals surface area contributed by atoms with Crippen molar-refractivity contribution >= 4 is 22.8 Å². The molecular formula is C30H35ClN6O2. The van der Waals surface area contributed by atoms with Gasteiger partial charge >= 0.3 is 0 Å². The highest BCUT2D eigenvalue weighted by molar-refractivity contribution is 6.33. The SMILES string of the molecule is C[C@H](Cn1c(-c2ccc(OCCN3CCNCC3)cc2Cl)nc2c(OC3(C)CC3)ncnc21)c1ccccc1. The fourth-order valence-corrected chi connectivity index (χ4v) is 5.29. The lowest BCUT2D eigenvalue weighted by Gasteiger charge is -2.26. The molecule has 2 fully saturated rings. The number of aromatic nitrogens is 4. The molecule has 3 heterocycles. The number of hydrogen-bond donors (Lipinski definition) is 1. The van der Waals surface area contributed by atoms with Crippen LogP contribution in [0.4, 0.5) is 0 Å². The lowest BCUT2D eigenvalue weighted by Crippen LogP contribution is -2.44. The molecule has 8 nitrogen and oxygen atoms in total. The van der Waals surface area contributed by atoms with Crippen molar-refractivity contribution in [1.82, 2.24) is 29.7 Å². The fourth-order valence-electron chi connectivity index (χ4n) is 5.04. The Morgan fingerprint density at radius 1 is 1.08 bits per heavy atom. The average molecular weight is 547 g/mol. The van der Waals surface area contributed by atoms with Crippen molar-refractivity contribution < 1.29 is 9.47 Å². The van der Waals surface area contributed by atoms with E-state index in [0.29, 0.717) is 29.6 Å². The van der Waals surface area contributed by atoms with Gasteiger partial charge in [-0.05, 0) is 49.4 Å². The van der Waals surface area contributed by atoms with Gasteiger partial charge in [0.1, 0.15) is 30.1 Å². The van der Waals surface area contributed by atoms with E-state index in [1.807, 2.05) is 24.3 Å². The molecule has 1 saturated carbocycles. The normalized spacial score (nSPS) is 17.7. The number of ether oxygens (including phenoxy) is 2. The summed E-state index contributed by atoms with van der Waals surface area (Å²) in [4.78, 5) is 16.5. The smallest absolute Gasteiger partial charge is 0.245 e. The predicted octanol–water partition coefficient (Wildman–Crippen LogP) is 5.17. The Morgan fingerprint density at radius 3 is 2.62 bits per heavy atom. The monoisotopic (exact) mass is 546 g/mol. The molecule has 2 aromatic heterocycles. The third kappa shape index (κ3) is 5.88. The third-order valence-electron chi connectivity index (χ3n) is 7.69. The quantitative estimate of drug-likeness (QED) is 0.294. The molecule has 1 atom stereocenters. The van der Waals surface area contributed by atoms with Crippen molar-refractivity contribution in [2.24, 2.45) is 0 Å². The number of halogens is 1. The largest absolute Gasteiger partial charge is 0.492 e. The van der Waals surface area contributed by atoms with E-state index in [4.69, 9.17) is 26.1 Å². The molecule has 0 radical (unpaired) electrons. The minimum absolute atomic E-state index is 0.177. The summed E-state index contributed by atoms with van der Waals surface area (Å²) in [7, 11) is 0. The van der Waals surface area contributed by atoms with Crippen molar-refractivity contribution in [1.29, 1.82) is 0 Å². The van der Waals surface area contributed by atoms with E-state index in [9.17, 15) is 0 Å². The Bertz CT molecular complexity index is 1430. The second kappa shape index (κ2) is 11.1. The highest BCUT2D eigenvalue weighted by Gasteiger charge is 2.41. The number of hydrogen-bond acceptors (Lipinski definition) is 7. The van der Waals surface area contributed by atoms with Crippen LogP contribution in [-0.2, 0) is 6.54 Å². The molecule has 1 N–H and O–H groups in total. The first-order chi connectivity index (χ1) is 19.0. The summed E-state index contributed by atoms with van der Waals surface area (Å²) < 4.78 is 14.5. The summed E-state index contributed by atoms with van der Waals surface area (Å²) in [6, 6.07) is 16.3. The number of fused-ring (bicyclic) bond motifs is 1. The molecule has 204 valence electrons. The first kappa shape index (κ1) is 26.0. The van der Waals surface area contributed by atoms with Gasteiger partial charge in [-0.15, -0.1) is 0 Å². The van der Waals surface area contributed by atoms with Crippen molar-refractivity contribution in [2.75, 3.05) is 39.3 Å². The van der Waals surface area contributed by atoms with Gasteiger partial charge in [0.25, 0.3) is 0 Å². The van der Waals surface area contributed by atoms with E-state index in [2.05, 4.69) is 62.9 Å². The molecule has 0 spiro atoms. The molecule has 2 aliphatic rings. The third-order valence-corrected chi connectivity index (χ3v) is 8.00. The van der Waals surface area contributed by atoms with Crippen molar-refractivity contribution in [2.45, 2.75) is 44.8 Å². The second-order valence-electron chi connectivity index (χ2n) is 10.8. The molecule has 0 amide bonds. The number of rotatable bonds is 10. The zero-order valence-corrected chi connectivity index (χ0v) is 23.3. The molecule has 4 aromatic rings. The van der Waals surface area contributed by atoms with Gasteiger partial charge in [0.15, 0.2) is 11.2 Å². The van der Waals surface area contributed by atoms with Crippen LogP contribution in [0.15, 0.2) is 54.9 Å². The Hall–Kier alpha value is -3.20. The van der Waals surface area contributed by atoms with Gasteiger partial charge in [0.2, 0.25) is 5.88 Å². The standard InChI is InChI=1S/C30H35ClN6O2/c1-21(22-6-4-3-5-7-22)19-37-27(35-26-28(37)33-20-34-29(26)39-30(2)10-11-30)24-9-8-23(18-25(24)31)38-17-16-36-14-12-32-13-15-36/h3-9,18,20-21,32H,10-17,19H2,1-2H3/t21-/m1/s1. The zero-order chi connectivity index (χ0) is 26.8. The maximum absolute atomic E-state index is 6.88. The van der Waals surface area contributed by atoms with Crippen LogP contribution in [0, 0.1) is 0 Å². The Labute approximate surface area is 234 Å². The predicted molar refractivity (Wildman–Crippen MR) is 154 cm³/mol. The molecule has 39 heavy (non-hydrogen) atoms. The van der Waals surface area contributed by atoms with Crippen LogP contribution in [0.2, 0.25) is 5.02 Å². The van der Waals surface area contributed by atoms with E-state index in [0.717, 1.165) is 68.3 Å². The van der Waals surface area contributed by atoms with Gasteiger partial charge in [-0.1, -0.05) is 48.9 Å². The number of nitrogens with zero attached hydrogens (tertiary/aromatic N) is 5. The van der Waals surface area contributed by atoms with Gasteiger partial charge in [-0.2, -0.15) is 4.98 Å². The van der Waals surface area contributed by atoms with E-state index < -0.39 is 0 Å². The van der Waals surface area contributed by atoms with Crippen LogP contribution in [-0.4, -0.2) is 69.4 Å². The van der Waals surface area contributed by atoms with Crippen molar-refractivity contribution in [3.05, 3.63) is 65.4 Å². The van der Waals surface area contributed by atoms with Gasteiger partial charge in [-0.3, -0.25) is 4.90 Å². The lowest BCUT2D eigenvalue weighted by atomic mass is 10.0. The Balaban J connectivity index is 1.31. The minimum atomic E-state index is -0.177. The van der Waals surface area contributed by atoms with Crippen LogP contribution in [0.1, 0.15) is 38.2 Å². The molecule has 6 rings (SSSR count). The molecule has 9 heteroatoms. The lowest BCUT2D eigenvalue weighted by molar-refractivity contribution is 0.191. The molecular weight excluding hydrogens is 512 g/mol. The number of imidazole rings is 1. The van der Waals surface area contributed by atoms with Gasteiger partial charge < -0.3 is 19.4 Å². The Kier molecular flexibility index (Phi) is 7.42. The van der Waals surface area contributed by atoms with E-state index in [1.165, 1.54) is 5.56 Å². The summed E-state index contributed by atoms with van der Waals surface area (Å²) in [6.45, 7) is 10.7. The summed E-state index contributed by atoms with van der Waals surface area (Å²) >= 11 is 6.88. The topological polar surface area (TPSA) is 77.3 Å². The molecule has 2 aromatic carbocycles. The van der Waals surface area contributed by atoms with E-state index in [1.54, 1.807) is 6.33 Å². The summed E-state index contributed by atoms with van der Waals surface area (Å²) in [5.74, 6) is 2.26. The first-order valence-corrected chi connectivity index (χ1v) is 14.2. The summed E-state index contributed by atoms with van der Waals surface area (Å²) in [6.07, 6.45) is 3.59. The van der Waals surface area contributed by atoms with Crippen molar-refractivity contribution in [3.63, 3.8) is 0 Å². The van der Waals surface area contributed by atoms with Crippen LogP contribution in [0.25, 0.3) is 22.6 Å². The second-order valence-corrected chi connectivity index (χ2v) is 11.2. The maximum atomic E-state index is 6.88. The molecule has 1 aliphatic carbocycles. The highest BCUT2D eigenvalue weighted by Crippen LogP contribution is 2.41. The maximum Gasteiger partial charge on any atom is 0.245 e. The van der Waals surface area contributed by atoms with Crippen molar-refractivity contribution in [3.8, 4) is 23.0 Å². The molecule has 1 aliphatic heterocycles. The van der Waals surface area contributed by atoms with E-state index in [-0.39, 0.29) is 11.5 Å². The summed E-state index contributed by atoms with van der Waals surface area (Å²) in [5, 5.41) is 3.97. The van der Waals surface area contributed by atoms with Crippen LogP contribution >= 0.6 is 11.6 Å². The number of benzene rings is 2. The van der Waals surface area contributed by atoms with Crippen LogP contribution < -0.4 is 14.8 Å². The summed E-state index contributed by atoms with van der Waals surface area (Å²) in [5.41, 5.74) is 3.31. The number of nitrogens with one attached hydrogen (secondary N) is 1. The first-order valence-electron chi connectivity index (χ1n) is 13.8. The van der Waals surface area contributed by atoms with Gasteiger partial charge in [-0.25, -0.2) is 9.97 Å². The number of piperazine rings is 1. The van der Waals surface area contributed by atoms with Crippen LogP contribution in [0.3, 0.4) is 0 Å².